The fraction of sp³-hybridized carbons (Fsp3) is 0.438. The van der Waals surface area contributed by atoms with Crippen LogP contribution < -0.4 is 10.2 Å². The van der Waals surface area contributed by atoms with Gasteiger partial charge in [-0.15, -0.1) is 0 Å². The van der Waals surface area contributed by atoms with Gasteiger partial charge in [-0.1, -0.05) is 30.3 Å². The Kier molecular flexibility index (Phi) is 5.62. The highest BCUT2D eigenvalue weighted by Crippen LogP contribution is 2.16. The zero-order chi connectivity index (χ0) is 14.2. The number of anilines is 1. The van der Waals surface area contributed by atoms with Gasteiger partial charge in [-0.05, 0) is 32.0 Å². The fourth-order valence-corrected chi connectivity index (χ4v) is 2.12. The first-order chi connectivity index (χ1) is 9.83. The van der Waals surface area contributed by atoms with Crippen molar-refractivity contribution in [1.29, 1.82) is 0 Å². The summed E-state index contributed by atoms with van der Waals surface area (Å²) >= 11 is 0. The third-order valence-corrected chi connectivity index (χ3v) is 3.19. The van der Waals surface area contributed by atoms with Crippen LogP contribution >= 0.6 is 0 Å². The van der Waals surface area contributed by atoms with Crippen LogP contribution in [0.3, 0.4) is 0 Å². The zero-order valence-corrected chi connectivity index (χ0v) is 12.3. The van der Waals surface area contributed by atoms with E-state index in [2.05, 4.69) is 53.5 Å². The highest BCUT2D eigenvalue weighted by Gasteiger charge is 2.09. The van der Waals surface area contributed by atoms with Gasteiger partial charge in [0, 0.05) is 24.8 Å². The van der Waals surface area contributed by atoms with Crippen molar-refractivity contribution in [3.63, 3.8) is 0 Å². The van der Waals surface area contributed by atoms with E-state index in [0.29, 0.717) is 0 Å². The van der Waals surface area contributed by atoms with Crippen LogP contribution in [0.5, 0.6) is 0 Å². The van der Waals surface area contributed by atoms with E-state index >= 15 is 0 Å². The third-order valence-electron chi connectivity index (χ3n) is 3.19. The Morgan fingerprint density at radius 1 is 1.20 bits per heavy atom. The summed E-state index contributed by atoms with van der Waals surface area (Å²) < 4.78 is 5.42. The molecule has 0 spiro atoms. The maximum absolute atomic E-state index is 5.42. The number of aromatic nitrogens is 1. The molecule has 1 heterocycles. The molecule has 1 N–H and O–H groups in total. The van der Waals surface area contributed by atoms with E-state index in [4.69, 9.17) is 4.52 Å². The number of nitrogens with one attached hydrogen (secondary N) is 1. The molecule has 0 fully saturated rings. The molecule has 4 nitrogen and oxygen atoms in total. The third kappa shape index (κ3) is 4.10. The van der Waals surface area contributed by atoms with Crippen molar-refractivity contribution in [3.8, 4) is 0 Å². The van der Waals surface area contributed by atoms with Crippen molar-refractivity contribution >= 4 is 5.69 Å². The van der Waals surface area contributed by atoms with Gasteiger partial charge in [0.2, 0.25) is 0 Å². The smallest absolute Gasteiger partial charge is 0.156 e. The van der Waals surface area contributed by atoms with Crippen LogP contribution in [0.1, 0.15) is 31.7 Å². The summed E-state index contributed by atoms with van der Waals surface area (Å²) in [5.74, 6) is 0.906. The molecule has 1 aromatic carbocycles. The van der Waals surface area contributed by atoms with Crippen molar-refractivity contribution in [3.05, 3.63) is 47.9 Å². The Labute approximate surface area is 120 Å². The SMILES string of the molecule is CCCNCc1cc(CN(CC)c2ccccc2)on1. The van der Waals surface area contributed by atoms with Gasteiger partial charge in [0.1, 0.15) is 0 Å². The van der Waals surface area contributed by atoms with Crippen molar-refractivity contribution in [2.75, 3.05) is 18.0 Å². The summed E-state index contributed by atoms with van der Waals surface area (Å²) in [7, 11) is 0. The average molecular weight is 273 g/mol. The van der Waals surface area contributed by atoms with Gasteiger partial charge < -0.3 is 14.7 Å². The summed E-state index contributed by atoms with van der Waals surface area (Å²) in [6, 6.07) is 12.4. The number of para-hydroxylation sites is 1. The molecule has 2 aromatic rings. The maximum Gasteiger partial charge on any atom is 0.156 e. The summed E-state index contributed by atoms with van der Waals surface area (Å²) in [5.41, 5.74) is 2.18. The molecule has 0 aliphatic rings. The van der Waals surface area contributed by atoms with Gasteiger partial charge in [-0.2, -0.15) is 0 Å². The topological polar surface area (TPSA) is 41.3 Å². The molecule has 0 bridgehead atoms. The summed E-state index contributed by atoms with van der Waals surface area (Å²) in [4.78, 5) is 2.27. The summed E-state index contributed by atoms with van der Waals surface area (Å²) in [6.45, 7) is 7.77. The second-order valence-electron chi connectivity index (χ2n) is 4.81. The van der Waals surface area contributed by atoms with Crippen LogP contribution in [0.2, 0.25) is 0 Å². The van der Waals surface area contributed by atoms with Crippen LogP contribution in [0, 0.1) is 0 Å². The molecular weight excluding hydrogens is 250 g/mol. The molecule has 0 unspecified atom stereocenters. The molecule has 0 saturated carbocycles. The van der Waals surface area contributed by atoms with E-state index in [1.807, 2.05) is 12.1 Å². The van der Waals surface area contributed by atoms with Crippen molar-refractivity contribution in [2.45, 2.75) is 33.4 Å². The van der Waals surface area contributed by atoms with Crippen molar-refractivity contribution in [2.24, 2.45) is 0 Å². The predicted octanol–water partition coefficient (Wildman–Crippen LogP) is 3.20. The van der Waals surface area contributed by atoms with Crippen molar-refractivity contribution < 1.29 is 4.52 Å². The molecule has 20 heavy (non-hydrogen) atoms. The number of rotatable bonds is 8. The number of hydrogen-bond acceptors (Lipinski definition) is 4. The molecule has 0 atom stereocenters. The molecule has 1 aromatic heterocycles. The Balaban J connectivity index is 1.94. The summed E-state index contributed by atoms with van der Waals surface area (Å²) in [5, 5.41) is 7.43. The molecule has 0 aliphatic heterocycles. The van der Waals surface area contributed by atoms with E-state index in [1.54, 1.807) is 0 Å². The molecule has 2 rings (SSSR count). The van der Waals surface area contributed by atoms with Gasteiger partial charge >= 0.3 is 0 Å². The van der Waals surface area contributed by atoms with Crippen LogP contribution in [0.4, 0.5) is 5.69 Å². The molecule has 0 radical (unpaired) electrons. The largest absolute Gasteiger partial charge is 0.364 e. The molecule has 0 aliphatic carbocycles. The van der Waals surface area contributed by atoms with Crippen LogP contribution in [-0.4, -0.2) is 18.2 Å². The van der Waals surface area contributed by atoms with E-state index in [1.165, 1.54) is 5.69 Å². The van der Waals surface area contributed by atoms with Crippen LogP contribution in [0.25, 0.3) is 0 Å². The van der Waals surface area contributed by atoms with Gasteiger partial charge in [0.25, 0.3) is 0 Å². The maximum atomic E-state index is 5.42. The lowest BCUT2D eigenvalue weighted by atomic mass is 10.2. The minimum Gasteiger partial charge on any atom is -0.364 e. The lowest BCUT2D eigenvalue weighted by Gasteiger charge is -2.21. The standard InChI is InChI=1S/C16H23N3O/c1-3-10-17-12-14-11-16(20-18-14)13-19(4-2)15-8-6-5-7-9-15/h5-9,11,17H,3-4,10,12-13H2,1-2H3. The first-order valence-electron chi connectivity index (χ1n) is 7.28. The average Bonchev–Trinajstić information content (AvgIpc) is 2.93. The molecule has 0 amide bonds. The Hall–Kier alpha value is -1.81. The van der Waals surface area contributed by atoms with Gasteiger partial charge in [-0.3, -0.25) is 0 Å². The first kappa shape index (κ1) is 14.6. The Morgan fingerprint density at radius 2 is 2.00 bits per heavy atom. The lowest BCUT2D eigenvalue weighted by molar-refractivity contribution is 0.373. The summed E-state index contributed by atoms with van der Waals surface area (Å²) in [6.07, 6.45) is 1.13. The molecule has 0 saturated heterocycles. The van der Waals surface area contributed by atoms with Crippen LogP contribution in [0.15, 0.2) is 40.9 Å². The minimum atomic E-state index is 0.751. The second-order valence-corrected chi connectivity index (χ2v) is 4.81. The quantitative estimate of drug-likeness (QED) is 0.750. The predicted molar refractivity (Wildman–Crippen MR) is 81.7 cm³/mol. The van der Waals surface area contributed by atoms with E-state index in [0.717, 1.165) is 44.1 Å². The molecule has 108 valence electrons. The minimum absolute atomic E-state index is 0.751. The van der Waals surface area contributed by atoms with Gasteiger partial charge in [0.05, 0.1) is 12.2 Å². The van der Waals surface area contributed by atoms with Crippen molar-refractivity contribution in [1.82, 2.24) is 10.5 Å². The number of benzene rings is 1. The lowest BCUT2D eigenvalue weighted by Crippen LogP contribution is -2.21. The Bertz CT molecular complexity index is 495. The molecular formula is C16H23N3O. The van der Waals surface area contributed by atoms with Gasteiger partial charge in [-0.25, -0.2) is 0 Å². The zero-order valence-electron chi connectivity index (χ0n) is 12.3. The first-order valence-corrected chi connectivity index (χ1v) is 7.28. The number of hydrogen-bond donors (Lipinski definition) is 1. The Morgan fingerprint density at radius 3 is 2.70 bits per heavy atom. The van der Waals surface area contributed by atoms with E-state index < -0.39 is 0 Å². The molecule has 4 heteroatoms. The van der Waals surface area contributed by atoms with Gasteiger partial charge in [0.15, 0.2) is 5.76 Å². The highest BCUT2D eigenvalue weighted by molar-refractivity contribution is 5.45. The monoisotopic (exact) mass is 273 g/mol. The number of nitrogens with zero attached hydrogens (tertiary/aromatic N) is 2. The van der Waals surface area contributed by atoms with E-state index in [9.17, 15) is 0 Å². The second kappa shape index (κ2) is 7.70. The normalized spacial score (nSPS) is 10.7. The fourth-order valence-electron chi connectivity index (χ4n) is 2.12. The van der Waals surface area contributed by atoms with E-state index in [-0.39, 0.29) is 0 Å². The van der Waals surface area contributed by atoms with Crippen LogP contribution in [-0.2, 0) is 13.1 Å². The highest BCUT2D eigenvalue weighted by atomic mass is 16.5.